The number of anilines is 1. The Balaban J connectivity index is 2.18. The summed E-state index contributed by atoms with van der Waals surface area (Å²) in [6.45, 7) is 4.20. The van der Waals surface area contributed by atoms with E-state index in [-0.39, 0.29) is 15.9 Å². The Hall–Kier alpha value is -0.640. The molecule has 0 bridgehead atoms. The van der Waals surface area contributed by atoms with Gasteiger partial charge in [-0.3, -0.25) is 0 Å². The summed E-state index contributed by atoms with van der Waals surface area (Å²) in [4.78, 5) is 0. The van der Waals surface area contributed by atoms with Crippen molar-refractivity contribution >= 4 is 21.6 Å². The second-order valence-corrected chi connectivity index (χ2v) is 5.62. The number of halogens is 3. The van der Waals surface area contributed by atoms with Crippen molar-refractivity contribution in [1.29, 1.82) is 0 Å². The second kappa shape index (κ2) is 3.99. The van der Waals surface area contributed by atoms with E-state index in [9.17, 15) is 8.78 Å². The summed E-state index contributed by atoms with van der Waals surface area (Å²) < 4.78 is 26.8. The predicted octanol–water partition coefficient (Wildman–Crippen LogP) is 4.33. The lowest BCUT2D eigenvalue weighted by Gasteiger charge is -2.22. The fourth-order valence-corrected chi connectivity index (χ4v) is 2.01. The van der Waals surface area contributed by atoms with E-state index in [1.54, 1.807) is 0 Å². The van der Waals surface area contributed by atoms with E-state index in [2.05, 4.69) is 28.2 Å². The lowest BCUT2D eigenvalue weighted by molar-refractivity contribution is 0.489. The Morgan fingerprint density at radius 3 is 2.50 bits per heavy atom. The first-order chi connectivity index (χ1) is 7.42. The van der Waals surface area contributed by atoms with E-state index in [0.717, 1.165) is 18.9 Å². The van der Waals surface area contributed by atoms with Gasteiger partial charge in [-0.25, -0.2) is 8.78 Å². The van der Waals surface area contributed by atoms with Gasteiger partial charge in [0.25, 0.3) is 0 Å². The van der Waals surface area contributed by atoms with Gasteiger partial charge in [0.1, 0.15) is 11.6 Å². The Morgan fingerprint density at radius 2 is 1.94 bits per heavy atom. The molecule has 4 heteroatoms. The van der Waals surface area contributed by atoms with E-state index in [1.165, 1.54) is 6.07 Å². The molecule has 1 aliphatic rings. The minimum absolute atomic E-state index is 0.194. The molecule has 0 amide bonds. The quantitative estimate of drug-likeness (QED) is 0.817. The molecule has 16 heavy (non-hydrogen) atoms. The first-order valence-electron chi connectivity index (χ1n) is 5.33. The van der Waals surface area contributed by atoms with Gasteiger partial charge in [0, 0.05) is 12.1 Å². The van der Waals surface area contributed by atoms with Gasteiger partial charge in [-0.05, 0) is 47.2 Å². The van der Waals surface area contributed by atoms with Crippen LogP contribution in [0.2, 0.25) is 0 Å². The van der Waals surface area contributed by atoms with Crippen molar-refractivity contribution in [1.82, 2.24) is 0 Å². The van der Waals surface area contributed by atoms with Crippen LogP contribution in [0.25, 0.3) is 0 Å². The summed E-state index contributed by atoms with van der Waals surface area (Å²) >= 11 is 3.05. The third kappa shape index (κ3) is 2.21. The minimum atomic E-state index is -0.576. The highest BCUT2D eigenvalue weighted by atomic mass is 79.9. The van der Waals surface area contributed by atoms with Gasteiger partial charge in [-0.1, -0.05) is 6.92 Å². The average molecular weight is 290 g/mol. The van der Waals surface area contributed by atoms with Crippen LogP contribution in [-0.2, 0) is 0 Å². The Kier molecular flexibility index (Phi) is 2.95. The molecule has 1 aromatic carbocycles. The molecule has 0 radical (unpaired) electrons. The average Bonchev–Trinajstić information content (AvgIpc) is 2.94. The third-order valence-electron chi connectivity index (χ3n) is 3.47. The van der Waals surface area contributed by atoms with Crippen LogP contribution >= 0.6 is 15.9 Å². The molecule has 0 saturated heterocycles. The Morgan fingerprint density at radius 1 is 1.31 bits per heavy atom. The zero-order valence-corrected chi connectivity index (χ0v) is 10.9. The van der Waals surface area contributed by atoms with Gasteiger partial charge in [-0.2, -0.15) is 0 Å². The van der Waals surface area contributed by atoms with Crippen LogP contribution in [-0.4, -0.2) is 6.04 Å². The maximum atomic E-state index is 13.5. The highest BCUT2D eigenvalue weighted by Gasteiger charge is 2.42. The molecule has 1 N–H and O–H groups in total. The van der Waals surface area contributed by atoms with Crippen molar-refractivity contribution in [3.05, 3.63) is 28.2 Å². The van der Waals surface area contributed by atoms with Crippen LogP contribution in [0.15, 0.2) is 16.6 Å². The fourth-order valence-electron chi connectivity index (χ4n) is 1.67. The molecule has 1 nitrogen and oxygen atoms in total. The third-order valence-corrected chi connectivity index (χ3v) is 4.07. The molecule has 88 valence electrons. The number of nitrogens with one attached hydrogen (secondary N) is 1. The molecule has 0 aromatic heterocycles. The molecule has 1 unspecified atom stereocenters. The van der Waals surface area contributed by atoms with Crippen molar-refractivity contribution in [2.45, 2.75) is 32.7 Å². The van der Waals surface area contributed by atoms with Crippen LogP contribution in [0.1, 0.15) is 26.7 Å². The lowest BCUT2D eigenvalue weighted by Crippen LogP contribution is -2.25. The SMILES string of the molecule is CC(Nc1cc(Br)c(F)cc1F)C1(C)CC1. The molecular weight excluding hydrogens is 276 g/mol. The molecule has 2 rings (SSSR count). The van der Waals surface area contributed by atoms with E-state index < -0.39 is 11.6 Å². The van der Waals surface area contributed by atoms with Crippen molar-refractivity contribution in [2.75, 3.05) is 5.32 Å². The first kappa shape index (κ1) is 11.8. The molecule has 0 aliphatic heterocycles. The standard InChI is InChI=1S/C12H14BrF2N/c1-7(12(2)3-4-12)16-11-5-8(13)9(14)6-10(11)15/h5-7,16H,3-4H2,1-2H3. The van der Waals surface area contributed by atoms with Crippen LogP contribution in [0, 0.1) is 17.0 Å². The summed E-state index contributed by atoms with van der Waals surface area (Å²) in [6.07, 6.45) is 2.32. The minimum Gasteiger partial charge on any atom is -0.380 e. The highest BCUT2D eigenvalue weighted by molar-refractivity contribution is 9.10. The molecule has 0 heterocycles. The van der Waals surface area contributed by atoms with Gasteiger partial charge < -0.3 is 5.32 Å². The number of hydrogen-bond donors (Lipinski definition) is 1. The van der Waals surface area contributed by atoms with Crippen LogP contribution in [0.4, 0.5) is 14.5 Å². The van der Waals surface area contributed by atoms with Gasteiger partial charge in [0.15, 0.2) is 0 Å². The Bertz CT molecular complexity index is 416. The number of hydrogen-bond acceptors (Lipinski definition) is 1. The van der Waals surface area contributed by atoms with Gasteiger partial charge in [0.05, 0.1) is 10.2 Å². The van der Waals surface area contributed by atoms with Gasteiger partial charge in [0.2, 0.25) is 0 Å². The van der Waals surface area contributed by atoms with Crippen LogP contribution in [0.3, 0.4) is 0 Å². The molecule has 1 aromatic rings. The summed E-state index contributed by atoms with van der Waals surface area (Å²) in [6, 6.07) is 2.54. The predicted molar refractivity (Wildman–Crippen MR) is 64.5 cm³/mol. The monoisotopic (exact) mass is 289 g/mol. The largest absolute Gasteiger partial charge is 0.380 e. The summed E-state index contributed by atoms with van der Waals surface area (Å²) in [5, 5.41) is 3.11. The van der Waals surface area contributed by atoms with E-state index in [0.29, 0.717) is 5.69 Å². The molecule has 1 fully saturated rings. The lowest BCUT2D eigenvalue weighted by atomic mass is 10.0. The smallest absolute Gasteiger partial charge is 0.149 e. The second-order valence-electron chi connectivity index (χ2n) is 4.77. The van der Waals surface area contributed by atoms with E-state index in [4.69, 9.17) is 0 Å². The summed E-state index contributed by atoms with van der Waals surface area (Å²) in [5.74, 6) is -1.12. The maximum Gasteiger partial charge on any atom is 0.149 e. The molecule has 0 spiro atoms. The zero-order valence-electron chi connectivity index (χ0n) is 9.28. The van der Waals surface area contributed by atoms with Gasteiger partial charge >= 0.3 is 0 Å². The van der Waals surface area contributed by atoms with Crippen LogP contribution < -0.4 is 5.32 Å². The first-order valence-corrected chi connectivity index (χ1v) is 6.13. The van der Waals surface area contributed by atoms with Crippen molar-refractivity contribution in [2.24, 2.45) is 5.41 Å². The fraction of sp³-hybridized carbons (Fsp3) is 0.500. The van der Waals surface area contributed by atoms with Crippen molar-refractivity contribution in [3.63, 3.8) is 0 Å². The van der Waals surface area contributed by atoms with Crippen molar-refractivity contribution < 1.29 is 8.78 Å². The molecule has 1 saturated carbocycles. The molecule has 1 aliphatic carbocycles. The van der Waals surface area contributed by atoms with Crippen LogP contribution in [0.5, 0.6) is 0 Å². The topological polar surface area (TPSA) is 12.0 Å². The summed E-state index contributed by atoms with van der Waals surface area (Å²) in [5.41, 5.74) is 0.613. The van der Waals surface area contributed by atoms with Gasteiger partial charge in [-0.15, -0.1) is 0 Å². The highest BCUT2D eigenvalue weighted by Crippen LogP contribution is 2.49. The van der Waals surface area contributed by atoms with E-state index in [1.807, 2.05) is 6.92 Å². The Labute approximate surface area is 102 Å². The van der Waals surface area contributed by atoms with E-state index >= 15 is 0 Å². The maximum absolute atomic E-state index is 13.5. The summed E-state index contributed by atoms with van der Waals surface area (Å²) in [7, 11) is 0. The molecule has 1 atom stereocenters. The number of benzene rings is 1. The number of rotatable bonds is 3. The van der Waals surface area contributed by atoms with Crippen molar-refractivity contribution in [3.8, 4) is 0 Å². The normalized spacial score (nSPS) is 19.3. The zero-order chi connectivity index (χ0) is 11.9. The molecular formula is C12H14BrF2N.